The second-order valence-corrected chi connectivity index (χ2v) is 8.89. The van der Waals surface area contributed by atoms with E-state index in [1.165, 1.54) is 12.8 Å². The summed E-state index contributed by atoms with van der Waals surface area (Å²) in [5, 5.41) is 10.2. The van der Waals surface area contributed by atoms with Gasteiger partial charge in [0, 0.05) is 11.5 Å². The van der Waals surface area contributed by atoms with Crippen molar-refractivity contribution in [2.75, 3.05) is 0 Å². The molecular weight excluding hydrogens is 276 g/mol. The van der Waals surface area contributed by atoms with E-state index in [0.717, 1.165) is 36.5 Å². The van der Waals surface area contributed by atoms with Crippen molar-refractivity contribution in [2.45, 2.75) is 58.2 Å². The SMILES string of the molecule is C=C(C)C(=O)OC(C)(C)C1CC2CC1C1C3CC(O)C(C3)C21. The molecule has 8 unspecified atom stereocenters. The first kappa shape index (κ1) is 14.7. The molecule has 4 rings (SSSR count). The van der Waals surface area contributed by atoms with E-state index < -0.39 is 5.60 Å². The quantitative estimate of drug-likeness (QED) is 0.495. The molecule has 0 aromatic heterocycles. The number of hydrogen-bond acceptors (Lipinski definition) is 3. The molecule has 4 fully saturated rings. The van der Waals surface area contributed by atoms with Crippen molar-refractivity contribution in [3.63, 3.8) is 0 Å². The summed E-state index contributed by atoms with van der Waals surface area (Å²) in [6, 6.07) is 0. The molecule has 0 amide bonds. The van der Waals surface area contributed by atoms with Gasteiger partial charge in [0.05, 0.1) is 6.10 Å². The Morgan fingerprint density at radius 3 is 2.36 bits per heavy atom. The molecule has 0 aromatic carbocycles. The van der Waals surface area contributed by atoms with Crippen LogP contribution < -0.4 is 0 Å². The van der Waals surface area contributed by atoms with E-state index in [1.54, 1.807) is 6.92 Å². The molecular formula is C19H28O3. The molecule has 3 nitrogen and oxygen atoms in total. The lowest BCUT2D eigenvalue weighted by atomic mass is 9.63. The molecule has 0 heterocycles. The Morgan fingerprint density at radius 2 is 1.68 bits per heavy atom. The number of fused-ring (bicyclic) bond motifs is 9. The van der Waals surface area contributed by atoms with Crippen LogP contribution in [-0.2, 0) is 9.53 Å². The summed E-state index contributed by atoms with van der Waals surface area (Å²) in [6.45, 7) is 9.58. The second-order valence-electron chi connectivity index (χ2n) is 8.89. The van der Waals surface area contributed by atoms with Crippen molar-refractivity contribution < 1.29 is 14.6 Å². The fourth-order valence-corrected chi connectivity index (χ4v) is 6.77. The molecule has 3 heteroatoms. The molecule has 0 saturated heterocycles. The van der Waals surface area contributed by atoms with Gasteiger partial charge in [0.15, 0.2) is 0 Å². The van der Waals surface area contributed by atoms with Gasteiger partial charge in [0.2, 0.25) is 0 Å². The zero-order valence-electron chi connectivity index (χ0n) is 13.9. The van der Waals surface area contributed by atoms with Crippen LogP contribution in [-0.4, -0.2) is 22.8 Å². The number of esters is 1. The average molecular weight is 304 g/mol. The van der Waals surface area contributed by atoms with Crippen LogP contribution in [0.3, 0.4) is 0 Å². The van der Waals surface area contributed by atoms with Gasteiger partial charge in [0.25, 0.3) is 0 Å². The highest BCUT2D eigenvalue weighted by Gasteiger charge is 2.66. The Kier molecular flexibility index (Phi) is 3.08. The maximum absolute atomic E-state index is 12.0. The maximum atomic E-state index is 12.0. The molecule has 8 atom stereocenters. The maximum Gasteiger partial charge on any atom is 0.333 e. The molecule has 0 radical (unpaired) electrons. The van der Waals surface area contributed by atoms with Crippen molar-refractivity contribution in [2.24, 2.45) is 41.4 Å². The third-order valence-corrected chi connectivity index (χ3v) is 7.38. The Balaban J connectivity index is 1.53. The van der Waals surface area contributed by atoms with Gasteiger partial charge in [-0.1, -0.05) is 6.58 Å². The Hall–Kier alpha value is -0.830. The predicted molar refractivity (Wildman–Crippen MR) is 83.9 cm³/mol. The van der Waals surface area contributed by atoms with E-state index >= 15 is 0 Å². The van der Waals surface area contributed by atoms with E-state index in [0.29, 0.717) is 23.3 Å². The van der Waals surface area contributed by atoms with Gasteiger partial charge in [-0.15, -0.1) is 0 Å². The topological polar surface area (TPSA) is 46.5 Å². The number of aliphatic hydroxyl groups is 1. The van der Waals surface area contributed by atoms with Gasteiger partial charge in [-0.05, 0) is 82.0 Å². The molecule has 4 saturated carbocycles. The summed E-state index contributed by atoms with van der Waals surface area (Å²) in [7, 11) is 0. The van der Waals surface area contributed by atoms with E-state index in [1.807, 2.05) is 0 Å². The molecule has 1 N–H and O–H groups in total. The molecule has 0 aromatic rings. The van der Waals surface area contributed by atoms with E-state index in [2.05, 4.69) is 20.4 Å². The molecule has 4 bridgehead atoms. The van der Waals surface area contributed by atoms with Gasteiger partial charge in [0.1, 0.15) is 5.60 Å². The van der Waals surface area contributed by atoms with E-state index in [-0.39, 0.29) is 12.1 Å². The normalized spacial score (nSPS) is 48.5. The van der Waals surface area contributed by atoms with Gasteiger partial charge in [-0.2, -0.15) is 0 Å². The first-order chi connectivity index (χ1) is 10.3. The van der Waals surface area contributed by atoms with Crippen LogP contribution in [0.25, 0.3) is 0 Å². The highest BCUT2D eigenvalue weighted by molar-refractivity contribution is 5.87. The number of hydrogen-bond donors (Lipinski definition) is 1. The summed E-state index contributed by atoms with van der Waals surface area (Å²) < 4.78 is 5.80. The Morgan fingerprint density at radius 1 is 1.09 bits per heavy atom. The van der Waals surface area contributed by atoms with Crippen molar-refractivity contribution in [3.05, 3.63) is 12.2 Å². The lowest BCUT2D eigenvalue weighted by molar-refractivity contribution is -0.161. The number of ether oxygens (including phenoxy) is 1. The molecule has 4 aliphatic rings. The minimum atomic E-state index is -0.402. The van der Waals surface area contributed by atoms with Gasteiger partial charge in [-0.25, -0.2) is 4.79 Å². The van der Waals surface area contributed by atoms with Crippen LogP contribution in [0.4, 0.5) is 0 Å². The fourth-order valence-electron chi connectivity index (χ4n) is 6.77. The summed E-state index contributed by atoms with van der Waals surface area (Å²) in [5.74, 6) is 4.45. The summed E-state index contributed by atoms with van der Waals surface area (Å²) >= 11 is 0. The number of carbonyl (C=O) groups is 1. The largest absolute Gasteiger partial charge is 0.456 e. The van der Waals surface area contributed by atoms with Gasteiger partial charge in [-0.3, -0.25) is 0 Å². The second kappa shape index (κ2) is 4.59. The Labute approximate surface area is 133 Å². The lowest BCUT2D eigenvalue weighted by Crippen LogP contribution is -2.46. The zero-order valence-corrected chi connectivity index (χ0v) is 13.9. The van der Waals surface area contributed by atoms with E-state index in [9.17, 15) is 9.90 Å². The lowest BCUT2D eigenvalue weighted by Gasteiger charge is -2.45. The Bertz CT molecular complexity index is 523. The van der Waals surface area contributed by atoms with Crippen molar-refractivity contribution in [1.29, 1.82) is 0 Å². The number of carbonyl (C=O) groups excluding carboxylic acids is 1. The molecule has 4 aliphatic carbocycles. The third kappa shape index (κ3) is 1.87. The van der Waals surface area contributed by atoms with Crippen molar-refractivity contribution in [1.82, 2.24) is 0 Å². The third-order valence-electron chi connectivity index (χ3n) is 7.38. The number of rotatable bonds is 3. The summed E-state index contributed by atoms with van der Waals surface area (Å²) in [6.07, 6.45) is 4.65. The van der Waals surface area contributed by atoms with Crippen LogP contribution in [0.5, 0.6) is 0 Å². The monoisotopic (exact) mass is 304 g/mol. The summed E-state index contributed by atoms with van der Waals surface area (Å²) in [5.41, 5.74) is 0.0816. The molecule has 0 aliphatic heterocycles. The zero-order chi connectivity index (χ0) is 15.8. The smallest absolute Gasteiger partial charge is 0.333 e. The minimum absolute atomic E-state index is 0.0432. The predicted octanol–water partition coefficient (Wildman–Crippen LogP) is 3.17. The fraction of sp³-hybridized carbons (Fsp3) is 0.842. The van der Waals surface area contributed by atoms with Crippen LogP contribution in [0.2, 0.25) is 0 Å². The molecule has 22 heavy (non-hydrogen) atoms. The highest BCUT2D eigenvalue weighted by Crippen LogP contribution is 2.70. The van der Waals surface area contributed by atoms with Crippen molar-refractivity contribution in [3.8, 4) is 0 Å². The van der Waals surface area contributed by atoms with Crippen molar-refractivity contribution >= 4 is 5.97 Å². The highest BCUT2D eigenvalue weighted by atomic mass is 16.6. The standard InChI is InChI=1S/C19H28O3/c1-9(2)18(21)22-19(3,4)14-7-10-5-12(14)16-11-6-13(17(10)16)15(20)8-11/h10-17,20H,1,5-8H2,2-4H3. The van der Waals surface area contributed by atoms with Crippen LogP contribution in [0.15, 0.2) is 12.2 Å². The molecule has 0 spiro atoms. The van der Waals surface area contributed by atoms with Crippen LogP contribution in [0, 0.1) is 41.4 Å². The first-order valence-electron chi connectivity index (χ1n) is 8.86. The van der Waals surface area contributed by atoms with Gasteiger partial charge >= 0.3 is 5.97 Å². The van der Waals surface area contributed by atoms with Crippen LogP contribution >= 0.6 is 0 Å². The first-order valence-corrected chi connectivity index (χ1v) is 8.86. The van der Waals surface area contributed by atoms with E-state index in [4.69, 9.17) is 4.74 Å². The van der Waals surface area contributed by atoms with Crippen LogP contribution in [0.1, 0.15) is 46.5 Å². The minimum Gasteiger partial charge on any atom is -0.456 e. The average Bonchev–Trinajstić information content (AvgIpc) is 3.14. The van der Waals surface area contributed by atoms with Gasteiger partial charge < -0.3 is 9.84 Å². The summed E-state index contributed by atoms with van der Waals surface area (Å²) in [4.78, 5) is 12.0. The number of aliphatic hydroxyl groups excluding tert-OH is 1. The molecule has 122 valence electrons.